The summed E-state index contributed by atoms with van der Waals surface area (Å²) >= 11 is 0. The van der Waals surface area contributed by atoms with Crippen LogP contribution in [0.15, 0.2) is 84.9 Å². The molecular weight excluding hydrogens is 753 g/mol. The number of unbranched alkanes of at least 4 members (excludes halogenated alkanes) is 20. The molecule has 0 spiro atoms. The fourth-order valence-electron chi connectivity index (χ4n) is 11.6. The van der Waals surface area contributed by atoms with E-state index in [2.05, 4.69) is 100 Å². The Labute approximate surface area is 378 Å². The molecule has 0 fully saturated rings. The van der Waals surface area contributed by atoms with E-state index in [1.807, 2.05) is 12.1 Å². The quantitative estimate of drug-likeness (QED) is 0.0287. The first kappa shape index (κ1) is 47.7. The Bertz CT molecular complexity index is 1840. The smallest absolute Gasteiger partial charge is 0.233 e. The fraction of sp³-hybridized carbons (Fsp3) is 0.567. The highest BCUT2D eigenvalue weighted by Crippen LogP contribution is 2.56. The number of rotatable bonds is 31. The summed E-state index contributed by atoms with van der Waals surface area (Å²) in [6.45, 7) is 9.15. The first-order valence-corrected chi connectivity index (χ1v) is 26.0. The lowest BCUT2D eigenvalue weighted by molar-refractivity contribution is 0.0816. The molecule has 0 aromatic heterocycles. The van der Waals surface area contributed by atoms with E-state index in [1.54, 1.807) is 0 Å². The molecule has 4 aromatic carbocycles. The van der Waals surface area contributed by atoms with Crippen LogP contribution in [0.4, 0.5) is 0 Å². The van der Waals surface area contributed by atoms with Gasteiger partial charge in [0.25, 0.3) is 0 Å². The van der Waals surface area contributed by atoms with Crippen molar-refractivity contribution < 1.29 is 9.59 Å². The minimum Gasteiger partial charge on any atom is -0.285 e. The van der Waals surface area contributed by atoms with Crippen LogP contribution in [0.2, 0.25) is 0 Å². The van der Waals surface area contributed by atoms with Crippen LogP contribution in [-0.4, -0.2) is 11.6 Å². The lowest BCUT2D eigenvalue weighted by atomic mass is 9.70. The molecule has 6 rings (SSSR count). The number of carbonyl (C=O) groups is 2. The van der Waals surface area contributed by atoms with E-state index in [-0.39, 0.29) is 22.4 Å². The molecule has 334 valence electrons. The van der Waals surface area contributed by atoms with Crippen molar-refractivity contribution in [3.63, 3.8) is 0 Å². The second-order valence-electron chi connectivity index (χ2n) is 19.5. The molecule has 0 saturated carbocycles. The van der Waals surface area contributed by atoms with Gasteiger partial charge in [-0.15, -0.1) is 0 Å². The minimum absolute atomic E-state index is 0.132. The second kappa shape index (κ2) is 24.3. The lowest BCUT2D eigenvalue weighted by Crippen LogP contribution is -2.27. The molecule has 0 aliphatic heterocycles. The Hall–Kier alpha value is -3.78. The van der Waals surface area contributed by atoms with Gasteiger partial charge in [0.2, 0.25) is 11.6 Å². The standard InChI is InChI=1S/C60H82O2/c1-5-9-13-17-21-29-41-59(42-30-22-18-14-10-6-2)53-35-27-25-33-49(53)51-39-37-47(45-55(51)59)57(61)58(62)48-38-40-52-50-34-26-28-36-54(50)60(56(52)46-48,43-31-23-19-15-11-7-3)44-32-24-20-16-12-8-4/h25-28,33-40,45-46H,5-24,29-32,41-44H2,1-4H3. The Morgan fingerprint density at radius 3 is 0.919 bits per heavy atom. The maximum atomic E-state index is 14.7. The van der Waals surface area contributed by atoms with E-state index >= 15 is 0 Å². The monoisotopic (exact) mass is 835 g/mol. The highest BCUT2D eigenvalue weighted by Gasteiger charge is 2.44. The summed E-state index contributed by atoms with van der Waals surface area (Å²) in [5.41, 5.74) is 11.4. The number of hydrogen-bond donors (Lipinski definition) is 0. The maximum absolute atomic E-state index is 14.7. The van der Waals surface area contributed by atoms with Crippen molar-refractivity contribution >= 4 is 11.6 Å². The van der Waals surface area contributed by atoms with Crippen molar-refractivity contribution in [1.29, 1.82) is 0 Å². The van der Waals surface area contributed by atoms with Gasteiger partial charge in [0.05, 0.1) is 0 Å². The summed E-state index contributed by atoms with van der Waals surface area (Å²) in [4.78, 5) is 29.4. The molecule has 0 amide bonds. The Morgan fingerprint density at radius 1 is 0.323 bits per heavy atom. The van der Waals surface area contributed by atoms with Crippen LogP contribution >= 0.6 is 0 Å². The van der Waals surface area contributed by atoms with Gasteiger partial charge in [0, 0.05) is 22.0 Å². The molecule has 0 atom stereocenters. The highest BCUT2D eigenvalue weighted by molar-refractivity contribution is 6.49. The molecule has 0 radical (unpaired) electrons. The first-order chi connectivity index (χ1) is 30.5. The van der Waals surface area contributed by atoms with Crippen LogP contribution in [0.5, 0.6) is 0 Å². The summed E-state index contributed by atoms with van der Waals surface area (Å²) in [6, 6.07) is 30.6. The third kappa shape index (κ3) is 11.1. The zero-order valence-electron chi connectivity index (χ0n) is 39.7. The number of carbonyl (C=O) groups excluding carboxylic acids is 2. The van der Waals surface area contributed by atoms with E-state index < -0.39 is 0 Å². The molecule has 0 N–H and O–H groups in total. The molecule has 0 unspecified atom stereocenters. The van der Waals surface area contributed by atoms with Crippen molar-refractivity contribution in [3.8, 4) is 22.3 Å². The van der Waals surface area contributed by atoms with Gasteiger partial charge in [0.15, 0.2) is 0 Å². The Kier molecular flexibility index (Phi) is 18.7. The van der Waals surface area contributed by atoms with Gasteiger partial charge in [-0.1, -0.05) is 255 Å². The second-order valence-corrected chi connectivity index (χ2v) is 19.5. The number of fused-ring (bicyclic) bond motifs is 6. The predicted octanol–water partition coefficient (Wildman–Crippen LogP) is 18.3. The molecule has 62 heavy (non-hydrogen) atoms. The molecule has 2 heteroatoms. The normalized spacial score (nSPS) is 14.1. The van der Waals surface area contributed by atoms with Gasteiger partial charge in [-0.05, 0) is 82.3 Å². The molecule has 0 bridgehead atoms. The van der Waals surface area contributed by atoms with Gasteiger partial charge in [-0.25, -0.2) is 0 Å². The SMILES string of the molecule is CCCCCCCCC1(CCCCCCCC)c2ccccc2-c2ccc(C(=O)C(=O)c3ccc4c(c3)C(CCCCCCCC)(CCCCCCCC)c3ccccc3-4)cc21. The Balaban J connectivity index is 1.31. The van der Waals surface area contributed by atoms with E-state index in [0.717, 1.165) is 25.7 Å². The van der Waals surface area contributed by atoms with Crippen molar-refractivity contribution in [1.82, 2.24) is 0 Å². The van der Waals surface area contributed by atoms with Gasteiger partial charge in [-0.2, -0.15) is 0 Å². The minimum atomic E-state index is -0.371. The molecular formula is C60H82O2. The van der Waals surface area contributed by atoms with E-state index in [9.17, 15) is 9.59 Å². The molecule has 2 aliphatic rings. The highest BCUT2D eigenvalue weighted by atomic mass is 16.2. The third-order valence-electron chi connectivity index (χ3n) is 15.1. The summed E-state index contributed by atoms with van der Waals surface area (Å²) in [7, 11) is 0. The van der Waals surface area contributed by atoms with Gasteiger partial charge < -0.3 is 0 Å². The van der Waals surface area contributed by atoms with Crippen molar-refractivity contribution in [2.75, 3.05) is 0 Å². The van der Waals surface area contributed by atoms with Gasteiger partial charge in [0.1, 0.15) is 0 Å². The Morgan fingerprint density at radius 2 is 0.597 bits per heavy atom. The lowest BCUT2D eigenvalue weighted by Gasteiger charge is -2.33. The molecule has 4 aromatic rings. The summed E-state index contributed by atoms with van der Waals surface area (Å²) in [5.74, 6) is -0.741. The number of ketones is 2. The number of Topliss-reactive ketones (excluding diaryl/α,β-unsaturated/α-hetero) is 2. The topological polar surface area (TPSA) is 34.1 Å². The molecule has 0 saturated heterocycles. The van der Waals surface area contributed by atoms with Crippen LogP contribution in [0, 0.1) is 0 Å². The first-order valence-electron chi connectivity index (χ1n) is 26.0. The van der Waals surface area contributed by atoms with Crippen molar-refractivity contribution in [2.45, 2.75) is 218 Å². The average molecular weight is 835 g/mol. The average Bonchev–Trinajstić information content (AvgIpc) is 3.73. The zero-order chi connectivity index (χ0) is 43.6. The summed E-state index contributed by atoms with van der Waals surface area (Å²) in [5, 5.41) is 0. The third-order valence-corrected chi connectivity index (χ3v) is 15.1. The van der Waals surface area contributed by atoms with E-state index in [4.69, 9.17) is 0 Å². The van der Waals surface area contributed by atoms with Gasteiger partial charge in [-0.3, -0.25) is 9.59 Å². The molecule has 2 nitrogen and oxygen atoms in total. The fourth-order valence-corrected chi connectivity index (χ4v) is 11.6. The van der Waals surface area contributed by atoms with Crippen LogP contribution in [0.1, 0.15) is 250 Å². The van der Waals surface area contributed by atoms with Crippen molar-refractivity contribution in [2.24, 2.45) is 0 Å². The van der Waals surface area contributed by atoms with Crippen molar-refractivity contribution in [3.05, 3.63) is 118 Å². The van der Waals surface area contributed by atoms with Gasteiger partial charge >= 0.3 is 0 Å². The molecule has 2 aliphatic carbocycles. The van der Waals surface area contributed by atoms with Crippen LogP contribution in [0.3, 0.4) is 0 Å². The summed E-state index contributed by atoms with van der Waals surface area (Å²) in [6.07, 6.45) is 34.7. The van der Waals surface area contributed by atoms with E-state index in [1.165, 1.54) is 199 Å². The largest absolute Gasteiger partial charge is 0.285 e. The van der Waals surface area contributed by atoms with E-state index in [0.29, 0.717) is 11.1 Å². The maximum Gasteiger partial charge on any atom is 0.233 e. The van der Waals surface area contributed by atoms with Crippen LogP contribution in [0.25, 0.3) is 22.3 Å². The number of benzene rings is 4. The predicted molar refractivity (Wildman–Crippen MR) is 266 cm³/mol. The summed E-state index contributed by atoms with van der Waals surface area (Å²) < 4.78 is 0. The molecule has 0 heterocycles. The van der Waals surface area contributed by atoms with Crippen LogP contribution in [-0.2, 0) is 10.8 Å². The van der Waals surface area contributed by atoms with Crippen LogP contribution < -0.4 is 0 Å². The number of hydrogen-bond acceptors (Lipinski definition) is 2. The zero-order valence-corrected chi connectivity index (χ0v) is 39.7.